The molecule has 0 spiro atoms. The van der Waals surface area contributed by atoms with E-state index in [9.17, 15) is 15.0 Å². The van der Waals surface area contributed by atoms with Crippen LogP contribution in [0.25, 0.3) is 0 Å². The Hall–Kier alpha value is -2.21. The summed E-state index contributed by atoms with van der Waals surface area (Å²) in [5.41, 5.74) is 4.36. The highest BCUT2D eigenvalue weighted by Crippen LogP contribution is 2.35. The molecule has 0 aliphatic carbocycles. The number of rotatable bonds is 4. The lowest BCUT2D eigenvalue weighted by Crippen LogP contribution is -2.44. The van der Waals surface area contributed by atoms with Crippen molar-refractivity contribution in [3.8, 4) is 0 Å². The van der Waals surface area contributed by atoms with E-state index in [1.54, 1.807) is 11.8 Å². The minimum atomic E-state index is -0.781. The third-order valence-corrected chi connectivity index (χ3v) is 6.52. The van der Waals surface area contributed by atoms with Crippen molar-refractivity contribution < 1.29 is 15.0 Å². The molecule has 29 heavy (non-hydrogen) atoms. The van der Waals surface area contributed by atoms with Gasteiger partial charge in [0.05, 0.1) is 11.7 Å². The van der Waals surface area contributed by atoms with Crippen molar-refractivity contribution >= 4 is 11.6 Å². The molecule has 5 heteroatoms. The van der Waals surface area contributed by atoms with Crippen LogP contribution in [-0.4, -0.2) is 47.2 Å². The number of carbonyl (C=O) groups is 1. The number of benzene rings is 2. The lowest BCUT2D eigenvalue weighted by molar-refractivity contribution is -0.116. The molecule has 1 unspecified atom stereocenters. The molecule has 0 aromatic heterocycles. The third-order valence-electron chi connectivity index (χ3n) is 6.52. The Balaban J connectivity index is 1.39. The Kier molecular flexibility index (Phi) is 5.47. The van der Waals surface area contributed by atoms with Gasteiger partial charge in [-0.25, -0.2) is 0 Å². The molecule has 5 nitrogen and oxygen atoms in total. The van der Waals surface area contributed by atoms with E-state index < -0.39 is 11.7 Å². The first-order valence-electron chi connectivity index (χ1n) is 10.5. The Morgan fingerprint density at radius 2 is 1.86 bits per heavy atom. The van der Waals surface area contributed by atoms with Crippen molar-refractivity contribution in [2.75, 3.05) is 31.1 Å². The molecule has 0 bridgehead atoms. The predicted molar refractivity (Wildman–Crippen MR) is 114 cm³/mol. The molecular weight excluding hydrogens is 364 g/mol. The van der Waals surface area contributed by atoms with Gasteiger partial charge in [-0.1, -0.05) is 36.4 Å². The molecule has 2 aliphatic heterocycles. The van der Waals surface area contributed by atoms with Crippen LogP contribution in [0.15, 0.2) is 42.5 Å². The molecule has 4 rings (SSSR count). The summed E-state index contributed by atoms with van der Waals surface area (Å²) in [7, 11) is 0. The lowest BCUT2D eigenvalue weighted by Gasteiger charge is -2.40. The van der Waals surface area contributed by atoms with Crippen LogP contribution in [0.5, 0.6) is 0 Å². The van der Waals surface area contributed by atoms with Gasteiger partial charge >= 0.3 is 0 Å². The van der Waals surface area contributed by atoms with Gasteiger partial charge < -0.3 is 20.0 Å². The quantitative estimate of drug-likeness (QED) is 0.837. The Bertz CT molecular complexity index is 903. The number of amides is 1. The lowest BCUT2D eigenvalue weighted by atomic mass is 9.82. The summed E-state index contributed by atoms with van der Waals surface area (Å²) in [6.45, 7) is 6.42. The van der Waals surface area contributed by atoms with Gasteiger partial charge in [-0.2, -0.15) is 0 Å². The Morgan fingerprint density at radius 3 is 2.55 bits per heavy atom. The van der Waals surface area contributed by atoms with Gasteiger partial charge in [0.25, 0.3) is 0 Å². The number of piperidine rings is 1. The van der Waals surface area contributed by atoms with E-state index in [-0.39, 0.29) is 5.91 Å². The first kappa shape index (κ1) is 20.1. The van der Waals surface area contributed by atoms with E-state index in [0.29, 0.717) is 25.9 Å². The van der Waals surface area contributed by atoms with Gasteiger partial charge in [0.2, 0.25) is 5.91 Å². The number of aryl methyl sites for hydroxylation is 1. The van der Waals surface area contributed by atoms with Gasteiger partial charge in [-0.15, -0.1) is 0 Å². The van der Waals surface area contributed by atoms with E-state index in [1.807, 2.05) is 49.4 Å². The van der Waals surface area contributed by atoms with Crippen LogP contribution >= 0.6 is 0 Å². The van der Waals surface area contributed by atoms with Crippen molar-refractivity contribution in [1.29, 1.82) is 0 Å². The molecule has 1 saturated heterocycles. The topological polar surface area (TPSA) is 64.0 Å². The maximum atomic E-state index is 11.7. The molecule has 0 radical (unpaired) electrons. The molecule has 2 heterocycles. The molecule has 1 fully saturated rings. The SMILES string of the molecule is CC(=O)N1CCc2cc(C(O)CN3CCC(O)(c4ccccc4C)CC3)ccc21. The minimum absolute atomic E-state index is 0.0616. The zero-order chi connectivity index (χ0) is 20.6. The summed E-state index contributed by atoms with van der Waals surface area (Å²) in [6, 6.07) is 14.0. The van der Waals surface area contributed by atoms with Gasteiger partial charge in [0.15, 0.2) is 0 Å². The molecule has 1 atom stereocenters. The zero-order valence-electron chi connectivity index (χ0n) is 17.3. The van der Waals surface area contributed by atoms with Crippen molar-refractivity contribution in [1.82, 2.24) is 4.90 Å². The average Bonchev–Trinajstić information content (AvgIpc) is 3.13. The van der Waals surface area contributed by atoms with Gasteiger partial charge in [-0.05, 0) is 54.5 Å². The fourth-order valence-electron chi connectivity index (χ4n) is 4.78. The molecule has 154 valence electrons. The molecular formula is C24H30N2O3. The van der Waals surface area contributed by atoms with Crippen LogP contribution in [0.3, 0.4) is 0 Å². The van der Waals surface area contributed by atoms with Crippen LogP contribution in [0, 0.1) is 6.92 Å². The van der Waals surface area contributed by atoms with Gasteiger partial charge in [0.1, 0.15) is 0 Å². The number of carbonyl (C=O) groups excluding carboxylic acids is 1. The molecule has 2 aromatic carbocycles. The summed E-state index contributed by atoms with van der Waals surface area (Å²) in [5.74, 6) is 0.0616. The number of fused-ring (bicyclic) bond motifs is 1. The van der Waals surface area contributed by atoms with Crippen molar-refractivity contribution in [2.45, 2.75) is 44.8 Å². The number of hydrogen-bond donors (Lipinski definition) is 2. The van der Waals surface area contributed by atoms with Crippen molar-refractivity contribution in [3.63, 3.8) is 0 Å². The summed E-state index contributed by atoms with van der Waals surface area (Å²) < 4.78 is 0. The molecule has 2 aliphatic rings. The number of likely N-dealkylation sites (tertiary alicyclic amines) is 1. The molecule has 2 N–H and O–H groups in total. The second kappa shape index (κ2) is 7.90. The summed E-state index contributed by atoms with van der Waals surface area (Å²) in [4.78, 5) is 15.7. The van der Waals surface area contributed by atoms with Crippen LogP contribution in [0.2, 0.25) is 0 Å². The number of aliphatic hydroxyl groups is 2. The van der Waals surface area contributed by atoms with Crippen molar-refractivity contribution in [2.24, 2.45) is 0 Å². The standard InChI is InChI=1S/C24H30N2O3/c1-17-5-3-4-6-21(17)24(29)10-13-25(14-11-24)16-23(28)20-7-8-22-19(15-20)9-12-26(22)18(2)27/h3-8,15,23,28-29H,9-14,16H2,1-2H3. The summed E-state index contributed by atoms with van der Waals surface area (Å²) >= 11 is 0. The minimum Gasteiger partial charge on any atom is -0.387 e. The zero-order valence-corrected chi connectivity index (χ0v) is 17.3. The van der Waals surface area contributed by atoms with E-state index in [0.717, 1.165) is 47.5 Å². The maximum Gasteiger partial charge on any atom is 0.223 e. The third kappa shape index (κ3) is 3.95. The Labute approximate surface area is 172 Å². The van der Waals surface area contributed by atoms with Crippen LogP contribution in [-0.2, 0) is 16.8 Å². The number of hydrogen-bond acceptors (Lipinski definition) is 4. The highest BCUT2D eigenvalue weighted by molar-refractivity contribution is 5.93. The summed E-state index contributed by atoms with van der Waals surface area (Å²) in [6.07, 6.45) is 1.60. The first-order chi connectivity index (χ1) is 13.9. The van der Waals surface area contributed by atoms with Gasteiger partial charge in [-0.3, -0.25) is 4.79 Å². The number of β-amino-alcohol motifs (C(OH)–C–C–N with tert-alkyl or cyclic N) is 1. The van der Waals surface area contributed by atoms with Crippen LogP contribution < -0.4 is 4.90 Å². The second-order valence-electron chi connectivity index (χ2n) is 8.47. The number of nitrogens with zero attached hydrogens (tertiary/aromatic N) is 2. The number of anilines is 1. The molecule has 0 saturated carbocycles. The highest BCUT2D eigenvalue weighted by Gasteiger charge is 2.35. The smallest absolute Gasteiger partial charge is 0.223 e. The van der Waals surface area contributed by atoms with E-state index in [4.69, 9.17) is 0 Å². The van der Waals surface area contributed by atoms with Crippen LogP contribution in [0.4, 0.5) is 5.69 Å². The van der Waals surface area contributed by atoms with E-state index in [2.05, 4.69) is 4.90 Å². The normalized spacial score (nSPS) is 19.8. The molecule has 2 aromatic rings. The second-order valence-corrected chi connectivity index (χ2v) is 8.47. The van der Waals surface area contributed by atoms with Crippen molar-refractivity contribution in [3.05, 3.63) is 64.7 Å². The Morgan fingerprint density at radius 1 is 1.14 bits per heavy atom. The first-order valence-corrected chi connectivity index (χ1v) is 10.5. The summed E-state index contributed by atoms with van der Waals surface area (Å²) in [5, 5.41) is 21.9. The van der Waals surface area contributed by atoms with E-state index >= 15 is 0 Å². The maximum absolute atomic E-state index is 11.7. The average molecular weight is 395 g/mol. The highest BCUT2D eigenvalue weighted by atomic mass is 16.3. The fraction of sp³-hybridized carbons (Fsp3) is 0.458. The monoisotopic (exact) mass is 394 g/mol. The molecule has 1 amide bonds. The van der Waals surface area contributed by atoms with Crippen LogP contribution in [0.1, 0.15) is 48.1 Å². The van der Waals surface area contributed by atoms with E-state index in [1.165, 1.54) is 0 Å². The fourth-order valence-corrected chi connectivity index (χ4v) is 4.78. The van der Waals surface area contributed by atoms with Gasteiger partial charge in [0, 0.05) is 38.8 Å². The number of aliphatic hydroxyl groups excluding tert-OH is 1. The largest absolute Gasteiger partial charge is 0.387 e. The predicted octanol–water partition coefficient (Wildman–Crippen LogP) is 2.92.